The number of aryl methyl sites for hydroxylation is 1. The largest absolute Gasteiger partial charge is 0.457 e. The zero-order valence-corrected chi connectivity index (χ0v) is 13.7. The number of nitrogens with zero attached hydrogens (tertiary/aromatic N) is 3. The summed E-state index contributed by atoms with van der Waals surface area (Å²) in [6.07, 6.45) is -0.277. The molecule has 1 aromatic carbocycles. The lowest BCUT2D eigenvalue weighted by Gasteiger charge is -2.08. The van der Waals surface area contributed by atoms with Crippen LogP contribution in [-0.4, -0.2) is 16.6 Å². The SMILES string of the molecule is Cc1nc(OC/C(=C/Nc2ccc(F)c(C(F)F)c2)N=N)ncc1Cl. The minimum Gasteiger partial charge on any atom is -0.457 e. The van der Waals surface area contributed by atoms with Gasteiger partial charge in [0.15, 0.2) is 0 Å². The third-order valence-corrected chi connectivity index (χ3v) is 3.40. The molecule has 0 aliphatic heterocycles. The van der Waals surface area contributed by atoms with Crippen molar-refractivity contribution in [1.29, 1.82) is 5.53 Å². The molecule has 0 fully saturated rings. The van der Waals surface area contributed by atoms with Crippen molar-refractivity contribution in [2.75, 3.05) is 11.9 Å². The fourth-order valence-corrected chi connectivity index (χ4v) is 1.80. The maximum absolute atomic E-state index is 13.2. The lowest BCUT2D eigenvalue weighted by Crippen LogP contribution is -2.05. The number of rotatable bonds is 7. The molecule has 0 bridgehead atoms. The van der Waals surface area contributed by atoms with Crippen molar-refractivity contribution in [2.45, 2.75) is 13.3 Å². The van der Waals surface area contributed by atoms with Crippen LogP contribution in [0.3, 0.4) is 0 Å². The van der Waals surface area contributed by atoms with Crippen LogP contribution in [0, 0.1) is 18.3 Å². The van der Waals surface area contributed by atoms with E-state index >= 15 is 0 Å². The maximum atomic E-state index is 13.2. The van der Waals surface area contributed by atoms with Crippen molar-refractivity contribution in [2.24, 2.45) is 5.11 Å². The topological polar surface area (TPSA) is 83.2 Å². The summed E-state index contributed by atoms with van der Waals surface area (Å²) in [7, 11) is 0. The van der Waals surface area contributed by atoms with Crippen LogP contribution in [0.15, 0.2) is 41.4 Å². The van der Waals surface area contributed by atoms with Gasteiger partial charge in [0.25, 0.3) is 6.43 Å². The molecule has 25 heavy (non-hydrogen) atoms. The quantitative estimate of drug-likeness (QED) is 0.679. The van der Waals surface area contributed by atoms with E-state index in [1.807, 2.05) is 0 Å². The van der Waals surface area contributed by atoms with Gasteiger partial charge in [-0.15, -0.1) is 0 Å². The molecule has 10 heteroatoms. The Morgan fingerprint density at radius 1 is 1.48 bits per heavy atom. The summed E-state index contributed by atoms with van der Waals surface area (Å²) in [6, 6.07) is 3.24. The molecule has 2 aromatic rings. The lowest BCUT2D eigenvalue weighted by atomic mass is 10.2. The highest BCUT2D eigenvalue weighted by Crippen LogP contribution is 2.25. The van der Waals surface area contributed by atoms with Gasteiger partial charge in [-0.05, 0) is 25.1 Å². The van der Waals surface area contributed by atoms with E-state index in [4.69, 9.17) is 21.9 Å². The summed E-state index contributed by atoms with van der Waals surface area (Å²) < 4.78 is 43.9. The van der Waals surface area contributed by atoms with Gasteiger partial charge >= 0.3 is 6.01 Å². The van der Waals surface area contributed by atoms with Crippen LogP contribution in [0.1, 0.15) is 17.7 Å². The number of nitrogens with one attached hydrogen (secondary N) is 2. The monoisotopic (exact) mass is 371 g/mol. The van der Waals surface area contributed by atoms with Gasteiger partial charge < -0.3 is 10.1 Å². The minimum atomic E-state index is -2.93. The fourth-order valence-electron chi connectivity index (χ4n) is 1.71. The van der Waals surface area contributed by atoms with E-state index in [0.29, 0.717) is 10.7 Å². The molecule has 0 amide bonds. The third-order valence-electron chi connectivity index (χ3n) is 3.03. The van der Waals surface area contributed by atoms with Gasteiger partial charge in [0, 0.05) is 11.9 Å². The van der Waals surface area contributed by atoms with E-state index in [1.165, 1.54) is 18.5 Å². The number of ether oxygens (including phenoxy) is 1. The van der Waals surface area contributed by atoms with Crippen molar-refractivity contribution in [3.05, 3.63) is 58.4 Å². The first-order valence-corrected chi connectivity index (χ1v) is 7.31. The van der Waals surface area contributed by atoms with Crippen LogP contribution in [0.4, 0.5) is 18.9 Å². The van der Waals surface area contributed by atoms with Crippen LogP contribution in [0.2, 0.25) is 5.02 Å². The molecule has 0 aliphatic rings. The normalized spacial score (nSPS) is 11.5. The zero-order chi connectivity index (χ0) is 18.4. The molecule has 0 atom stereocenters. The number of halogens is 4. The second kappa shape index (κ2) is 8.43. The number of aromatic nitrogens is 2. The highest BCUT2D eigenvalue weighted by atomic mass is 35.5. The highest BCUT2D eigenvalue weighted by Gasteiger charge is 2.13. The lowest BCUT2D eigenvalue weighted by molar-refractivity contribution is 0.146. The molecule has 2 N–H and O–H groups in total. The van der Waals surface area contributed by atoms with Crippen molar-refractivity contribution in [1.82, 2.24) is 9.97 Å². The predicted octanol–water partition coefficient (Wildman–Crippen LogP) is 4.88. The van der Waals surface area contributed by atoms with Gasteiger partial charge in [-0.1, -0.05) is 11.6 Å². The number of anilines is 1. The number of hydrogen-bond acceptors (Lipinski definition) is 6. The summed E-state index contributed by atoms with van der Waals surface area (Å²) in [5, 5.41) is 6.30. The van der Waals surface area contributed by atoms with E-state index in [1.54, 1.807) is 6.92 Å². The summed E-state index contributed by atoms with van der Waals surface area (Å²) >= 11 is 5.80. The van der Waals surface area contributed by atoms with Crippen molar-refractivity contribution < 1.29 is 17.9 Å². The molecule has 132 valence electrons. The molecule has 1 heterocycles. The Bertz CT molecular complexity index is 801. The van der Waals surface area contributed by atoms with Crippen LogP contribution in [0.5, 0.6) is 6.01 Å². The molecule has 0 aliphatic carbocycles. The molecule has 1 aromatic heterocycles. The second-order valence-corrected chi connectivity index (χ2v) is 5.21. The first kappa shape index (κ1) is 18.7. The Balaban J connectivity index is 2.04. The van der Waals surface area contributed by atoms with Crippen LogP contribution >= 0.6 is 11.6 Å². The first-order chi connectivity index (χ1) is 11.9. The van der Waals surface area contributed by atoms with Gasteiger partial charge in [0.2, 0.25) is 0 Å². The maximum Gasteiger partial charge on any atom is 0.317 e. The Hall–Kier alpha value is -2.68. The number of hydrogen-bond donors (Lipinski definition) is 2. The summed E-state index contributed by atoms with van der Waals surface area (Å²) in [4.78, 5) is 7.86. The molecule has 6 nitrogen and oxygen atoms in total. The third kappa shape index (κ3) is 5.15. The van der Waals surface area contributed by atoms with Gasteiger partial charge in [0.05, 0.1) is 22.5 Å². The molecule has 0 unspecified atom stereocenters. The van der Waals surface area contributed by atoms with Gasteiger partial charge in [-0.2, -0.15) is 10.1 Å². The summed E-state index contributed by atoms with van der Waals surface area (Å²) in [5.74, 6) is -0.992. The second-order valence-electron chi connectivity index (χ2n) is 4.80. The number of benzene rings is 1. The smallest absolute Gasteiger partial charge is 0.317 e. The first-order valence-electron chi connectivity index (χ1n) is 6.93. The standard InChI is InChI=1S/C15H13ClF3N5O/c1-8-12(16)6-22-15(23-8)25-7-10(24-20)5-21-9-2-3-13(17)11(4-9)14(18)19/h2-6,14,20-21H,7H2,1H3/b10-5-,24-20?. The summed E-state index contributed by atoms with van der Waals surface area (Å²) in [5.41, 5.74) is 7.28. The van der Waals surface area contributed by atoms with Gasteiger partial charge in [-0.25, -0.2) is 23.7 Å². The van der Waals surface area contributed by atoms with Crippen LogP contribution in [-0.2, 0) is 0 Å². The van der Waals surface area contributed by atoms with Crippen molar-refractivity contribution in [3.8, 4) is 6.01 Å². The average Bonchev–Trinajstić information content (AvgIpc) is 2.59. The molecule has 0 saturated heterocycles. The van der Waals surface area contributed by atoms with E-state index in [-0.39, 0.29) is 24.0 Å². The predicted molar refractivity (Wildman–Crippen MR) is 85.5 cm³/mol. The Kier molecular flexibility index (Phi) is 6.29. The number of alkyl halides is 2. The van der Waals surface area contributed by atoms with E-state index in [2.05, 4.69) is 20.4 Å². The van der Waals surface area contributed by atoms with Crippen LogP contribution < -0.4 is 10.1 Å². The molecular weight excluding hydrogens is 359 g/mol. The van der Waals surface area contributed by atoms with Crippen LogP contribution in [0.25, 0.3) is 0 Å². The van der Waals surface area contributed by atoms with Gasteiger partial charge in [0.1, 0.15) is 18.1 Å². The zero-order valence-electron chi connectivity index (χ0n) is 12.9. The molecule has 2 rings (SSSR count). The van der Waals surface area contributed by atoms with Crippen molar-refractivity contribution in [3.63, 3.8) is 0 Å². The van der Waals surface area contributed by atoms with E-state index in [0.717, 1.165) is 12.1 Å². The molecule has 0 saturated carbocycles. The average molecular weight is 372 g/mol. The fraction of sp³-hybridized carbons (Fsp3) is 0.200. The Morgan fingerprint density at radius 2 is 2.24 bits per heavy atom. The van der Waals surface area contributed by atoms with Gasteiger partial charge in [-0.3, -0.25) is 0 Å². The molecular formula is C15H13ClF3N5O. The summed E-state index contributed by atoms with van der Waals surface area (Å²) in [6.45, 7) is 1.54. The Morgan fingerprint density at radius 3 is 2.88 bits per heavy atom. The van der Waals surface area contributed by atoms with Crippen molar-refractivity contribution >= 4 is 17.3 Å². The Labute approximate surface area is 146 Å². The highest BCUT2D eigenvalue weighted by molar-refractivity contribution is 6.31. The minimum absolute atomic E-state index is 0.0539. The molecule has 0 radical (unpaired) electrons. The molecule has 0 spiro atoms. The van der Waals surface area contributed by atoms with E-state index in [9.17, 15) is 13.2 Å². The van der Waals surface area contributed by atoms with E-state index < -0.39 is 17.8 Å².